The molecule has 2 saturated heterocycles. The number of carbonyl (C=O) groups is 2. The molecule has 0 N–H and O–H groups in total. The van der Waals surface area contributed by atoms with Crippen molar-refractivity contribution in [2.24, 2.45) is 5.92 Å². The summed E-state index contributed by atoms with van der Waals surface area (Å²) in [6.45, 7) is 5.73. The molecule has 2 heterocycles. The van der Waals surface area contributed by atoms with Crippen LogP contribution in [-0.4, -0.2) is 35.8 Å². The standard InChI is InChI=1S/C17H22N2O2/c1-12-6-8-14(9-7-12)19-16(20)13(2)15(17(19)21)18-10-4-3-5-11-18/h6-9,13,15H,3-5,10-11H2,1-2H3. The van der Waals surface area contributed by atoms with Gasteiger partial charge in [-0.05, 0) is 45.0 Å². The maximum absolute atomic E-state index is 12.8. The van der Waals surface area contributed by atoms with E-state index in [1.807, 2.05) is 38.1 Å². The average molecular weight is 286 g/mol. The van der Waals surface area contributed by atoms with E-state index >= 15 is 0 Å². The third-order valence-corrected chi connectivity index (χ3v) is 4.63. The summed E-state index contributed by atoms with van der Waals surface area (Å²) in [5.74, 6) is -0.380. The molecule has 2 amide bonds. The average Bonchev–Trinajstić information content (AvgIpc) is 2.72. The summed E-state index contributed by atoms with van der Waals surface area (Å²) in [5, 5.41) is 0. The number of likely N-dealkylation sites (tertiary alicyclic amines) is 1. The van der Waals surface area contributed by atoms with Crippen LogP contribution in [0.4, 0.5) is 5.69 Å². The molecule has 0 aliphatic carbocycles. The first-order valence-electron chi connectivity index (χ1n) is 7.78. The molecular weight excluding hydrogens is 264 g/mol. The zero-order valence-corrected chi connectivity index (χ0v) is 12.7. The van der Waals surface area contributed by atoms with Gasteiger partial charge in [-0.15, -0.1) is 0 Å². The third kappa shape index (κ3) is 2.48. The molecule has 2 fully saturated rings. The summed E-state index contributed by atoms with van der Waals surface area (Å²) in [5.41, 5.74) is 1.82. The summed E-state index contributed by atoms with van der Waals surface area (Å²) in [7, 11) is 0. The minimum Gasteiger partial charge on any atom is -0.291 e. The van der Waals surface area contributed by atoms with Crippen LogP contribution in [-0.2, 0) is 9.59 Å². The molecule has 0 radical (unpaired) electrons. The zero-order chi connectivity index (χ0) is 15.0. The number of carbonyl (C=O) groups excluding carboxylic acids is 2. The van der Waals surface area contributed by atoms with Gasteiger partial charge in [0.25, 0.3) is 5.91 Å². The van der Waals surface area contributed by atoms with Crippen molar-refractivity contribution in [3.8, 4) is 0 Å². The van der Waals surface area contributed by atoms with E-state index in [0.29, 0.717) is 5.69 Å². The van der Waals surface area contributed by atoms with Crippen molar-refractivity contribution in [2.75, 3.05) is 18.0 Å². The molecule has 3 rings (SSSR count). The Balaban J connectivity index is 1.87. The lowest BCUT2D eigenvalue weighted by molar-refractivity contribution is -0.123. The molecule has 4 heteroatoms. The van der Waals surface area contributed by atoms with Gasteiger partial charge in [-0.2, -0.15) is 0 Å². The largest absolute Gasteiger partial charge is 0.291 e. The Hall–Kier alpha value is -1.68. The normalized spacial score (nSPS) is 27.4. The van der Waals surface area contributed by atoms with E-state index in [1.54, 1.807) is 0 Å². The molecule has 2 atom stereocenters. The second kappa shape index (κ2) is 5.60. The van der Waals surface area contributed by atoms with E-state index in [0.717, 1.165) is 31.5 Å². The van der Waals surface area contributed by atoms with Gasteiger partial charge in [-0.3, -0.25) is 14.5 Å². The molecule has 0 aromatic heterocycles. The summed E-state index contributed by atoms with van der Waals surface area (Å²) < 4.78 is 0. The lowest BCUT2D eigenvalue weighted by atomic mass is 10.0. The van der Waals surface area contributed by atoms with Crippen molar-refractivity contribution >= 4 is 17.5 Å². The van der Waals surface area contributed by atoms with Crippen LogP contribution < -0.4 is 4.90 Å². The fourth-order valence-corrected chi connectivity index (χ4v) is 3.41. The maximum Gasteiger partial charge on any atom is 0.251 e. The maximum atomic E-state index is 12.8. The summed E-state index contributed by atoms with van der Waals surface area (Å²) in [4.78, 5) is 28.9. The zero-order valence-electron chi connectivity index (χ0n) is 12.7. The SMILES string of the molecule is Cc1ccc(N2C(=O)C(C)C(N3CCCCC3)C2=O)cc1. The van der Waals surface area contributed by atoms with Crippen LogP contribution in [0.5, 0.6) is 0 Å². The van der Waals surface area contributed by atoms with Gasteiger partial charge in [-0.1, -0.05) is 31.0 Å². The first-order valence-corrected chi connectivity index (χ1v) is 7.78. The van der Waals surface area contributed by atoms with Crippen LogP contribution in [0, 0.1) is 12.8 Å². The Labute approximate surface area is 125 Å². The number of nitrogens with zero attached hydrogens (tertiary/aromatic N) is 2. The number of hydrogen-bond acceptors (Lipinski definition) is 3. The fraction of sp³-hybridized carbons (Fsp3) is 0.529. The Kier molecular flexibility index (Phi) is 3.81. The lowest BCUT2D eigenvalue weighted by Gasteiger charge is -2.32. The number of aryl methyl sites for hydroxylation is 1. The third-order valence-electron chi connectivity index (χ3n) is 4.63. The first kappa shape index (κ1) is 14.3. The van der Waals surface area contributed by atoms with Crippen molar-refractivity contribution in [2.45, 2.75) is 39.2 Å². The number of piperidine rings is 1. The van der Waals surface area contributed by atoms with E-state index < -0.39 is 0 Å². The van der Waals surface area contributed by atoms with E-state index in [2.05, 4.69) is 4.90 Å². The van der Waals surface area contributed by atoms with Gasteiger partial charge in [0.2, 0.25) is 5.91 Å². The molecule has 2 unspecified atom stereocenters. The molecule has 1 aromatic carbocycles. The molecule has 0 saturated carbocycles. The van der Waals surface area contributed by atoms with Crippen molar-refractivity contribution in [1.29, 1.82) is 0 Å². The highest BCUT2D eigenvalue weighted by atomic mass is 16.2. The second-order valence-electron chi connectivity index (χ2n) is 6.18. The van der Waals surface area contributed by atoms with E-state index in [4.69, 9.17) is 0 Å². The summed E-state index contributed by atoms with van der Waals surface area (Å²) in [6.07, 6.45) is 3.46. The predicted octanol–water partition coefficient (Wildman–Crippen LogP) is 2.36. The smallest absolute Gasteiger partial charge is 0.251 e. The number of anilines is 1. The topological polar surface area (TPSA) is 40.6 Å². The minimum atomic E-state index is -0.279. The van der Waals surface area contributed by atoms with Crippen molar-refractivity contribution in [3.63, 3.8) is 0 Å². The van der Waals surface area contributed by atoms with Crippen molar-refractivity contribution in [3.05, 3.63) is 29.8 Å². The number of imide groups is 1. The molecular formula is C17H22N2O2. The lowest BCUT2D eigenvalue weighted by Crippen LogP contribution is -2.46. The molecule has 2 aliphatic rings. The predicted molar refractivity (Wildman–Crippen MR) is 82.0 cm³/mol. The van der Waals surface area contributed by atoms with Gasteiger partial charge in [0.1, 0.15) is 6.04 Å². The van der Waals surface area contributed by atoms with Crippen LogP contribution in [0.3, 0.4) is 0 Å². The highest BCUT2D eigenvalue weighted by Gasteiger charge is 2.48. The summed E-state index contributed by atoms with van der Waals surface area (Å²) >= 11 is 0. The van der Waals surface area contributed by atoms with E-state index in [9.17, 15) is 9.59 Å². The van der Waals surface area contributed by atoms with Crippen LogP contribution in [0.2, 0.25) is 0 Å². The number of hydrogen-bond donors (Lipinski definition) is 0. The Bertz CT molecular complexity index is 546. The number of benzene rings is 1. The van der Waals surface area contributed by atoms with Crippen LogP contribution in [0.1, 0.15) is 31.7 Å². The summed E-state index contributed by atoms with van der Waals surface area (Å²) in [6, 6.07) is 7.32. The van der Waals surface area contributed by atoms with Crippen molar-refractivity contribution in [1.82, 2.24) is 4.90 Å². The van der Waals surface area contributed by atoms with Gasteiger partial charge in [0.15, 0.2) is 0 Å². The quantitative estimate of drug-likeness (QED) is 0.784. The molecule has 0 bridgehead atoms. The van der Waals surface area contributed by atoms with Crippen LogP contribution in [0.25, 0.3) is 0 Å². The van der Waals surface area contributed by atoms with E-state index in [1.165, 1.54) is 11.3 Å². The molecule has 2 aliphatic heterocycles. The van der Waals surface area contributed by atoms with Gasteiger partial charge in [-0.25, -0.2) is 4.90 Å². The Morgan fingerprint density at radius 2 is 1.57 bits per heavy atom. The highest BCUT2D eigenvalue weighted by molar-refractivity contribution is 6.23. The minimum absolute atomic E-state index is 0.0572. The second-order valence-corrected chi connectivity index (χ2v) is 6.18. The van der Waals surface area contributed by atoms with Gasteiger partial charge < -0.3 is 0 Å². The monoisotopic (exact) mass is 286 g/mol. The van der Waals surface area contributed by atoms with Gasteiger partial charge in [0, 0.05) is 0 Å². The number of amides is 2. The molecule has 21 heavy (non-hydrogen) atoms. The molecule has 1 aromatic rings. The highest BCUT2D eigenvalue weighted by Crippen LogP contribution is 2.31. The molecule has 0 spiro atoms. The Morgan fingerprint density at radius 3 is 2.19 bits per heavy atom. The number of rotatable bonds is 2. The van der Waals surface area contributed by atoms with Crippen LogP contribution in [0.15, 0.2) is 24.3 Å². The van der Waals surface area contributed by atoms with E-state index in [-0.39, 0.29) is 23.8 Å². The van der Waals surface area contributed by atoms with Crippen LogP contribution >= 0.6 is 0 Å². The molecule has 4 nitrogen and oxygen atoms in total. The van der Waals surface area contributed by atoms with Crippen molar-refractivity contribution < 1.29 is 9.59 Å². The Morgan fingerprint density at radius 1 is 0.952 bits per heavy atom. The fourth-order valence-electron chi connectivity index (χ4n) is 3.41. The molecule has 112 valence electrons. The van der Waals surface area contributed by atoms with Gasteiger partial charge in [0.05, 0.1) is 11.6 Å². The van der Waals surface area contributed by atoms with Gasteiger partial charge >= 0.3 is 0 Å². The first-order chi connectivity index (χ1) is 10.1.